The predicted octanol–water partition coefficient (Wildman–Crippen LogP) is 2.21. The number of hydrogen-bond acceptors (Lipinski definition) is 3. The molecule has 0 aromatic heterocycles. The van der Waals surface area contributed by atoms with Crippen LogP contribution in [0.15, 0.2) is 42.5 Å². The summed E-state index contributed by atoms with van der Waals surface area (Å²) in [6.45, 7) is 2.90. The van der Waals surface area contributed by atoms with E-state index in [1.165, 1.54) is 23.8 Å². The van der Waals surface area contributed by atoms with Crippen LogP contribution in [0.5, 0.6) is 0 Å². The summed E-state index contributed by atoms with van der Waals surface area (Å²) in [6, 6.07) is 12.2. The number of benzene rings is 2. The van der Waals surface area contributed by atoms with Crippen LogP contribution in [0.2, 0.25) is 5.02 Å². The Morgan fingerprint density at radius 3 is 2.54 bits per heavy atom. The van der Waals surface area contributed by atoms with Crippen molar-refractivity contribution in [1.82, 2.24) is 0 Å². The summed E-state index contributed by atoms with van der Waals surface area (Å²) in [4.78, 5) is 23.6. The number of halogens is 1. The third-order valence-electron chi connectivity index (χ3n) is 3.52. The van der Waals surface area contributed by atoms with Gasteiger partial charge < -0.3 is 10.2 Å². The van der Waals surface area contributed by atoms with Gasteiger partial charge in [0, 0.05) is 16.7 Å². The first-order valence-corrected chi connectivity index (χ1v) is 7.83. The van der Waals surface area contributed by atoms with Crippen LogP contribution in [0.25, 0.3) is 0 Å². The van der Waals surface area contributed by atoms with Crippen molar-refractivity contribution < 1.29 is 14.6 Å². The maximum atomic E-state index is 12.2. The zero-order valence-corrected chi connectivity index (χ0v) is 14.3. The number of nitro benzene ring substituents is 1. The second-order valence-electron chi connectivity index (χ2n) is 5.76. The van der Waals surface area contributed by atoms with Gasteiger partial charge in [-0.2, -0.15) is 0 Å². The normalized spacial score (nSPS) is 11.8. The highest BCUT2D eigenvalue weighted by molar-refractivity contribution is 6.31. The molecule has 0 aliphatic carbocycles. The van der Waals surface area contributed by atoms with E-state index >= 15 is 0 Å². The quantitative estimate of drug-likeness (QED) is 0.620. The maximum absolute atomic E-state index is 12.2. The standard InChI is InChI=1S/C17H18ClN3O3/c1-12-3-5-13(6-4-12)10-20(2)11-17(22)19-15-9-14(18)7-8-16(15)21(23)24/h3-9H,10-11H2,1-2H3,(H,19,22)/p+1. The number of carbonyl (C=O) groups is 1. The summed E-state index contributed by atoms with van der Waals surface area (Å²) in [5.41, 5.74) is 2.24. The zero-order chi connectivity index (χ0) is 17.7. The Morgan fingerprint density at radius 2 is 1.92 bits per heavy atom. The molecular formula is C17H19ClN3O3+. The summed E-state index contributed by atoms with van der Waals surface area (Å²) in [7, 11) is 1.89. The number of rotatable bonds is 6. The van der Waals surface area contributed by atoms with Crippen LogP contribution in [0, 0.1) is 17.0 Å². The van der Waals surface area contributed by atoms with Crippen molar-refractivity contribution in [3.05, 3.63) is 68.7 Å². The Morgan fingerprint density at radius 1 is 1.25 bits per heavy atom. The van der Waals surface area contributed by atoms with Crippen LogP contribution in [-0.4, -0.2) is 24.4 Å². The van der Waals surface area contributed by atoms with Crippen molar-refractivity contribution in [2.45, 2.75) is 13.5 Å². The van der Waals surface area contributed by atoms with Gasteiger partial charge in [-0.1, -0.05) is 41.4 Å². The van der Waals surface area contributed by atoms with Crippen LogP contribution in [-0.2, 0) is 11.3 Å². The first-order valence-electron chi connectivity index (χ1n) is 7.46. The first kappa shape index (κ1) is 17.9. The lowest BCUT2D eigenvalue weighted by atomic mass is 10.1. The SMILES string of the molecule is Cc1ccc(C[NH+](C)CC(=O)Nc2cc(Cl)ccc2[N+](=O)[O-])cc1. The lowest BCUT2D eigenvalue weighted by molar-refractivity contribution is -0.885. The molecule has 2 N–H and O–H groups in total. The van der Waals surface area contributed by atoms with Gasteiger partial charge in [-0.15, -0.1) is 0 Å². The molecule has 2 aromatic carbocycles. The molecule has 126 valence electrons. The van der Waals surface area contributed by atoms with E-state index in [-0.39, 0.29) is 23.8 Å². The fraction of sp³-hybridized carbons (Fsp3) is 0.235. The third kappa shape index (κ3) is 5.04. The Bertz CT molecular complexity index is 747. The third-order valence-corrected chi connectivity index (χ3v) is 3.75. The van der Waals surface area contributed by atoms with Gasteiger partial charge in [0.15, 0.2) is 6.54 Å². The lowest BCUT2D eigenvalue weighted by Gasteiger charge is -2.14. The fourth-order valence-corrected chi connectivity index (χ4v) is 2.53. The Kier molecular flexibility index (Phi) is 5.89. The van der Waals surface area contributed by atoms with Gasteiger partial charge in [0.05, 0.1) is 12.0 Å². The van der Waals surface area contributed by atoms with E-state index < -0.39 is 4.92 Å². The van der Waals surface area contributed by atoms with Crippen molar-refractivity contribution >= 4 is 28.9 Å². The van der Waals surface area contributed by atoms with E-state index in [1.54, 1.807) is 0 Å². The molecule has 2 rings (SSSR count). The van der Waals surface area contributed by atoms with E-state index in [9.17, 15) is 14.9 Å². The highest BCUT2D eigenvalue weighted by Gasteiger charge is 2.18. The summed E-state index contributed by atoms with van der Waals surface area (Å²) >= 11 is 5.85. The summed E-state index contributed by atoms with van der Waals surface area (Å²) in [5.74, 6) is -0.301. The van der Waals surface area contributed by atoms with Gasteiger partial charge in [-0.25, -0.2) is 0 Å². The average molecular weight is 349 g/mol. The molecule has 0 bridgehead atoms. The molecule has 1 amide bonds. The van der Waals surface area contributed by atoms with E-state index in [2.05, 4.69) is 5.32 Å². The second-order valence-corrected chi connectivity index (χ2v) is 6.20. The molecule has 2 aromatic rings. The molecule has 6 nitrogen and oxygen atoms in total. The van der Waals surface area contributed by atoms with E-state index in [1.807, 2.05) is 38.2 Å². The van der Waals surface area contributed by atoms with Crippen molar-refractivity contribution in [2.75, 3.05) is 18.9 Å². The second kappa shape index (κ2) is 7.90. The van der Waals surface area contributed by atoms with Crippen molar-refractivity contribution in [1.29, 1.82) is 0 Å². The number of anilines is 1. The topological polar surface area (TPSA) is 76.7 Å². The fourth-order valence-electron chi connectivity index (χ4n) is 2.35. The van der Waals surface area contributed by atoms with E-state index in [0.29, 0.717) is 11.6 Å². The van der Waals surface area contributed by atoms with E-state index in [0.717, 1.165) is 10.5 Å². The molecule has 0 aliphatic rings. The molecule has 0 saturated carbocycles. The molecule has 0 radical (unpaired) electrons. The molecule has 7 heteroatoms. The maximum Gasteiger partial charge on any atom is 0.292 e. The van der Waals surface area contributed by atoms with Gasteiger partial charge in [0.1, 0.15) is 12.2 Å². The van der Waals surface area contributed by atoms with Crippen LogP contribution in [0.4, 0.5) is 11.4 Å². The minimum atomic E-state index is -0.547. The highest BCUT2D eigenvalue weighted by atomic mass is 35.5. The van der Waals surface area contributed by atoms with Gasteiger partial charge in [-0.05, 0) is 19.1 Å². The minimum absolute atomic E-state index is 0.112. The van der Waals surface area contributed by atoms with Crippen molar-refractivity contribution in [3.8, 4) is 0 Å². The molecule has 24 heavy (non-hydrogen) atoms. The Hall–Kier alpha value is -2.44. The Balaban J connectivity index is 1.99. The molecule has 0 aliphatic heterocycles. The molecule has 1 unspecified atom stereocenters. The number of likely N-dealkylation sites (N-methyl/N-ethyl adjacent to an activating group) is 1. The summed E-state index contributed by atoms with van der Waals surface area (Å²) in [5, 5.41) is 13.9. The first-order chi connectivity index (χ1) is 11.3. The number of nitrogens with zero attached hydrogens (tertiary/aromatic N) is 1. The molecule has 0 spiro atoms. The van der Waals surface area contributed by atoms with Gasteiger partial charge in [0.2, 0.25) is 0 Å². The Labute approximate surface area is 145 Å². The molecule has 0 fully saturated rings. The van der Waals surface area contributed by atoms with Gasteiger partial charge in [0.25, 0.3) is 11.6 Å². The molecular weight excluding hydrogens is 330 g/mol. The van der Waals surface area contributed by atoms with Gasteiger partial charge >= 0.3 is 0 Å². The largest absolute Gasteiger partial charge is 0.326 e. The van der Waals surface area contributed by atoms with Crippen molar-refractivity contribution in [2.24, 2.45) is 0 Å². The lowest BCUT2D eigenvalue weighted by Crippen LogP contribution is -3.08. The van der Waals surface area contributed by atoms with Crippen LogP contribution < -0.4 is 10.2 Å². The van der Waals surface area contributed by atoms with Crippen LogP contribution in [0.1, 0.15) is 11.1 Å². The molecule has 0 heterocycles. The number of carbonyl (C=O) groups excluding carboxylic acids is 1. The number of quaternary nitrogens is 1. The summed E-state index contributed by atoms with van der Waals surface area (Å²) < 4.78 is 0. The number of nitrogens with one attached hydrogen (secondary N) is 2. The average Bonchev–Trinajstić information content (AvgIpc) is 2.49. The zero-order valence-electron chi connectivity index (χ0n) is 13.5. The smallest absolute Gasteiger partial charge is 0.292 e. The number of hydrogen-bond donors (Lipinski definition) is 2. The number of amides is 1. The molecule has 0 saturated heterocycles. The number of aryl methyl sites for hydroxylation is 1. The monoisotopic (exact) mass is 348 g/mol. The minimum Gasteiger partial charge on any atom is -0.326 e. The molecule has 1 atom stereocenters. The predicted molar refractivity (Wildman–Crippen MR) is 93.4 cm³/mol. The highest BCUT2D eigenvalue weighted by Crippen LogP contribution is 2.27. The van der Waals surface area contributed by atoms with Crippen molar-refractivity contribution in [3.63, 3.8) is 0 Å². The number of nitro groups is 1. The van der Waals surface area contributed by atoms with E-state index in [4.69, 9.17) is 11.6 Å². The van der Waals surface area contributed by atoms with Crippen LogP contribution in [0.3, 0.4) is 0 Å². The van der Waals surface area contributed by atoms with Crippen LogP contribution >= 0.6 is 11.6 Å². The summed E-state index contributed by atoms with van der Waals surface area (Å²) in [6.07, 6.45) is 0. The van der Waals surface area contributed by atoms with Gasteiger partial charge in [-0.3, -0.25) is 14.9 Å².